The zero-order chi connectivity index (χ0) is 23.7. The average molecular weight is 480 g/mol. The van der Waals surface area contributed by atoms with Crippen molar-refractivity contribution in [3.63, 3.8) is 0 Å². The molecule has 3 amide bonds. The van der Waals surface area contributed by atoms with Crippen molar-refractivity contribution >= 4 is 58.0 Å². The Labute approximate surface area is 200 Å². The molecular weight excluding hydrogens is 461 g/mol. The van der Waals surface area contributed by atoms with Crippen LogP contribution in [0.2, 0.25) is 5.02 Å². The second kappa shape index (κ2) is 9.10. The largest absolute Gasteiger partial charge is 0.350 e. The highest BCUT2D eigenvalue weighted by molar-refractivity contribution is 6.53. The van der Waals surface area contributed by atoms with Gasteiger partial charge in [-0.2, -0.15) is 0 Å². The third kappa shape index (κ3) is 4.62. The number of carbonyl (C=O) groups is 3. The first kappa shape index (κ1) is 22.6. The van der Waals surface area contributed by atoms with Gasteiger partial charge >= 0.3 is 0 Å². The Kier molecular flexibility index (Phi) is 6.22. The fourth-order valence-electron chi connectivity index (χ4n) is 3.44. The van der Waals surface area contributed by atoms with Gasteiger partial charge in [-0.3, -0.25) is 14.4 Å². The summed E-state index contributed by atoms with van der Waals surface area (Å²) >= 11 is 12.2. The molecule has 0 aromatic heterocycles. The van der Waals surface area contributed by atoms with Gasteiger partial charge < -0.3 is 10.6 Å². The van der Waals surface area contributed by atoms with Crippen LogP contribution in [0.4, 0.5) is 17.1 Å². The van der Waals surface area contributed by atoms with E-state index in [0.717, 1.165) is 16.0 Å². The minimum atomic E-state index is -0.604. The van der Waals surface area contributed by atoms with Crippen LogP contribution in [0.25, 0.3) is 0 Å². The number of amides is 3. The molecule has 3 aromatic carbocycles. The molecule has 1 heterocycles. The van der Waals surface area contributed by atoms with Crippen molar-refractivity contribution in [2.75, 3.05) is 15.5 Å². The zero-order valence-electron chi connectivity index (χ0n) is 17.8. The van der Waals surface area contributed by atoms with E-state index in [1.807, 2.05) is 26.0 Å². The Balaban J connectivity index is 1.56. The molecule has 33 heavy (non-hydrogen) atoms. The van der Waals surface area contributed by atoms with Crippen LogP contribution in [0.5, 0.6) is 0 Å². The highest BCUT2D eigenvalue weighted by atomic mass is 35.5. The number of rotatable bonds is 5. The van der Waals surface area contributed by atoms with Crippen LogP contribution in [0.3, 0.4) is 0 Å². The molecule has 0 saturated heterocycles. The topological polar surface area (TPSA) is 78.5 Å². The van der Waals surface area contributed by atoms with Crippen molar-refractivity contribution in [2.24, 2.45) is 0 Å². The molecule has 2 N–H and O–H groups in total. The van der Waals surface area contributed by atoms with Crippen LogP contribution in [0, 0.1) is 13.8 Å². The number of anilines is 3. The van der Waals surface area contributed by atoms with Crippen LogP contribution in [0.15, 0.2) is 77.5 Å². The van der Waals surface area contributed by atoms with Gasteiger partial charge in [-0.05, 0) is 67.4 Å². The Bertz CT molecular complexity index is 1330. The summed E-state index contributed by atoms with van der Waals surface area (Å²) in [7, 11) is 0. The molecule has 0 bridgehead atoms. The van der Waals surface area contributed by atoms with E-state index in [1.54, 1.807) is 54.6 Å². The van der Waals surface area contributed by atoms with Gasteiger partial charge in [0.2, 0.25) is 0 Å². The average Bonchev–Trinajstić information content (AvgIpc) is 2.99. The second-order valence-electron chi connectivity index (χ2n) is 7.59. The lowest BCUT2D eigenvalue weighted by Gasteiger charge is -2.18. The molecule has 1 aliphatic rings. The monoisotopic (exact) mass is 479 g/mol. The summed E-state index contributed by atoms with van der Waals surface area (Å²) in [5, 5.41) is 5.96. The molecule has 6 nitrogen and oxygen atoms in total. The van der Waals surface area contributed by atoms with E-state index in [0.29, 0.717) is 27.6 Å². The molecule has 0 atom stereocenters. The lowest BCUT2D eigenvalue weighted by Crippen LogP contribution is -2.33. The Morgan fingerprint density at radius 2 is 1.58 bits per heavy atom. The predicted octanol–water partition coefficient (Wildman–Crippen LogP) is 5.64. The summed E-state index contributed by atoms with van der Waals surface area (Å²) in [5.74, 6) is -1.52. The summed E-state index contributed by atoms with van der Waals surface area (Å²) in [6.07, 6.45) is 0. The number of benzene rings is 3. The number of nitrogens with one attached hydrogen (secondary N) is 2. The zero-order valence-corrected chi connectivity index (χ0v) is 19.3. The van der Waals surface area contributed by atoms with Crippen LogP contribution < -0.4 is 15.5 Å². The molecule has 0 fully saturated rings. The van der Waals surface area contributed by atoms with Gasteiger partial charge in [-0.15, -0.1) is 0 Å². The lowest BCUT2D eigenvalue weighted by molar-refractivity contribution is -0.120. The van der Waals surface area contributed by atoms with Crippen molar-refractivity contribution in [1.29, 1.82) is 0 Å². The highest BCUT2D eigenvalue weighted by Gasteiger charge is 2.39. The molecule has 0 unspecified atom stereocenters. The van der Waals surface area contributed by atoms with E-state index < -0.39 is 11.8 Å². The molecular formula is C25H19Cl2N3O3. The fraction of sp³-hybridized carbons (Fsp3) is 0.0800. The van der Waals surface area contributed by atoms with Crippen LogP contribution in [-0.4, -0.2) is 17.7 Å². The molecule has 4 rings (SSSR count). The van der Waals surface area contributed by atoms with Crippen molar-refractivity contribution in [1.82, 2.24) is 0 Å². The SMILES string of the molecule is Cc1ccc(C)c(N2C(=O)C(Cl)=C(Nc3cccc(C(=O)Nc4cccc(Cl)c4)c3)C2=O)c1. The molecule has 0 saturated carbocycles. The van der Waals surface area contributed by atoms with Crippen molar-refractivity contribution in [2.45, 2.75) is 13.8 Å². The first-order chi connectivity index (χ1) is 15.7. The maximum Gasteiger partial charge on any atom is 0.283 e. The van der Waals surface area contributed by atoms with Crippen LogP contribution >= 0.6 is 23.2 Å². The van der Waals surface area contributed by atoms with E-state index >= 15 is 0 Å². The van der Waals surface area contributed by atoms with Crippen molar-refractivity contribution < 1.29 is 14.4 Å². The fourth-order valence-corrected chi connectivity index (χ4v) is 3.85. The Morgan fingerprint density at radius 3 is 2.33 bits per heavy atom. The number of carbonyl (C=O) groups excluding carboxylic acids is 3. The Morgan fingerprint density at radius 1 is 0.848 bits per heavy atom. The molecule has 0 aliphatic carbocycles. The van der Waals surface area contributed by atoms with Gasteiger partial charge in [0.1, 0.15) is 10.7 Å². The van der Waals surface area contributed by atoms with Gasteiger partial charge in [0.15, 0.2) is 0 Å². The summed E-state index contributed by atoms with van der Waals surface area (Å²) in [5.41, 5.74) is 3.45. The first-order valence-corrected chi connectivity index (χ1v) is 10.8. The van der Waals surface area contributed by atoms with Gasteiger partial charge in [-0.25, -0.2) is 4.90 Å². The van der Waals surface area contributed by atoms with E-state index in [-0.39, 0.29) is 16.6 Å². The van der Waals surface area contributed by atoms with Crippen molar-refractivity contribution in [3.8, 4) is 0 Å². The number of halogens is 2. The number of imide groups is 1. The smallest absolute Gasteiger partial charge is 0.283 e. The van der Waals surface area contributed by atoms with E-state index in [9.17, 15) is 14.4 Å². The van der Waals surface area contributed by atoms with Gasteiger partial charge in [0, 0.05) is 22.0 Å². The van der Waals surface area contributed by atoms with Gasteiger partial charge in [-0.1, -0.05) is 47.5 Å². The van der Waals surface area contributed by atoms with E-state index in [2.05, 4.69) is 10.6 Å². The molecule has 1 aliphatic heterocycles. The molecule has 3 aromatic rings. The summed E-state index contributed by atoms with van der Waals surface area (Å²) in [6, 6.07) is 18.8. The summed E-state index contributed by atoms with van der Waals surface area (Å²) in [6.45, 7) is 3.69. The standard InChI is InChI=1S/C25H19Cl2N3O3/c1-14-9-10-15(2)20(11-14)30-24(32)21(27)22(25(30)33)28-18-7-3-5-16(12-18)23(31)29-19-8-4-6-17(26)13-19/h3-13,28H,1-2H3,(H,29,31). The number of hydrogen-bond donors (Lipinski definition) is 2. The highest BCUT2D eigenvalue weighted by Crippen LogP contribution is 2.32. The Hall–Kier alpha value is -3.61. The number of aryl methyl sites for hydroxylation is 2. The number of nitrogens with zero attached hydrogens (tertiary/aromatic N) is 1. The third-order valence-corrected chi connectivity index (χ3v) is 5.70. The molecule has 166 valence electrons. The van der Waals surface area contributed by atoms with E-state index in [4.69, 9.17) is 23.2 Å². The molecule has 0 radical (unpaired) electrons. The normalized spacial score (nSPS) is 13.5. The van der Waals surface area contributed by atoms with Crippen LogP contribution in [-0.2, 0) is 9.59 Å². The summed E-state index contributed by atoms with van der Waals surface area (Å²) < 4.78 is 0. The van der Waals surface area contributed by atoms with Gasteiger partial charge in [0.25, 0.3) is 17.7 Å². The quantitative estimate of drug-likeness (QED) is 0.463. The minimum absolute atomic E-state index is 0.0463. The number of hydrogen-bond acceptors (Lipinski definition) is 4. The van der Waals surface area contributed by atoms with Gasteiger partial charge in [0.05, 0.1) is 5.69 Å². The van der Waals surface area contributed by atoms with Crippen LogP contribution in [0.1, 0.15) is 21.5 Å². The molecule has 0 spiro atoms. The second-order valence-corrected chi connectivity index (χ2v) is 8.41. The molecule has 8 heteroatoms. The third-order valence-electron chi connectivity index (χ3n) is 5.11. The van der Waals surface area contributed by atoms with E-state index in [1.165, 1.54) is 0 Å². The minimum Gasteiger partial charge on any atom is -0.350 e. The predicted molar refractivity (Wildman–Crippen MR) is 131 cm³/mol. The lowest BCUT2D eigenvalue weighted by atomic mass is 10.1. The summed E-state index contributed by atoms with van der Waals surface area (Å²) in [4.78, 5) is 39.6. The van der Waals surface area contributed by atoms with Crippen molar-refractivity contribution in [3.05, 3.63) is 99.2 Å². The first-order valence-electron chi connectivity index (χ1n) is 10.0. The maximum absolute atomic E-state index is 13.1. The maximum atomic E-state index is 13.1.